The summed E-state index contributed by atoms with van der Waals surface area (Å²) in [5, 5.41) is 15.2. The molecule has 0 spiro atoms. The van der Waals surface area contributed by atoms with Gasteiger partial charge in [-0.15, -0.1) is 0 Å². The molecule has 0 unspecified atom stereocenters. The normalized spacial score (nSPS) is 19.2. The van der Waals surface area contributed by atoms with Crippen LogP contribution in [0.25, 0.3) is 21.9 Å². The van der Waals surface area contributed by atoms with Crippen LogP contribution in [0.4, 0.5) is 0 Å². The summed E-state index contributed by atoms with van der Waals surface area (Å²) in [7, 11) is -5.08. The molecule has 2 fully saturated rings. The minimum absolute atomic E-state index is 0.0317. The Labute approximate surface area is 261 Å². The molecule has 3 N–H and O–H groups in total. The van der Waals surface area contributed by atoms with Crippen LogP contribution in [0.15, 0.2) is 47.4 Å². The number of carbonyl (C=O) groups is 1. The van der Waals surface area contributed by atoms with Crippen LogP contribution in [-0.2, 0) is 33.3 Å². The number of nitrogens with one attached hydrogen (secondary N) is 2. The molecule has 240 valence electrons. The van der Waals surface area contributed by atoms with E-state index >= 15 is 0 Å². The molecular weight excluding hydrogens is 599 g/mol. The van der Waals surface area contributed by atoms with E-state index in [1.165, 1.54) is 19.3 Å². The molecule has 5 rings (SSSR count). The average Bonchev–Trinajstić information content (AvgIpc) is 3.27. The number of fused-ring (bicyclic) bond motifs is 1. The van der Waals surface area contributed by atoms with E-state index < -0.39 is 31.0 Å². The van der Waals surface area contributed by atoms with E-state index in [4.69, 9.17) is 0 Å². The Bertz CT molecular complexity index is 1750. The summed E-state index contributed by atoms with van der Waals surface area (Å²) in [4.78, 5) is 13.8. The molecule has 1 saturated carbocycles. The molecular formula is C33H45N3O6S2. The van der Waals surface area contributed by atoms with Crippen molar-refractivity contribution in [2.45, 2.75) is 88.2 Å². The second-order valence-corrected chi connectivity index (χ2v) is 17.7. The van der Waals surface area contributed by atoms with E-state index in [1.54, 1.807) is 6.07 Å². The average molecular weight is 644 g/mol. The fourth-order valence-corrected chi connectivity index (χ4v) is 9.85. The van der Waals surface area contributed by atoms with Crippen LogP contribution in [0.3, 0.4) is 0 Å². The number of sulfonamides is 1. The Kier molecular flexibility index (Phi) is 9.07. The summed E-state index contributed by atoms with van der Waals surface area (Å²) in [5.41, 5.74) is 1.28. The van der Waals surface area contributed by atoms with Crippen LogP contribution in [0.1, 0.15) is 81.9 Å². The van der Waals surface area contributed by atoms with Crippen LogP contribution in [0.5, 0.6) is 0 Å². The Morgan fingerprint density at radius 1 is 1.00 bits per heavy atom. The first kappa shape index (κ1) is 32.7. The largest absolute Gasteiger partial charge is 0.388 e. The number of hydrogen-bond acceptors (Lipinski definition) is 6. The zero-order valence-corrected chi connectivity index (χ0v) is 27.8. The van der Waals surface area contributed by atoms with Gasteiger partial charge in [0.2, 0.25) is 10.0 Å². The molecule has 1 aliphatic carbocycles. The van der Waals surface area contributed by atoms with Crippen LogP contribution in [0.2, 0.25) is 0 Å². The lowest BCUT2D eigenvalue weighted by Crippen LogP contribution is -2.48. The fraction of sp³-hybridized carbons (Fsp3) is 0.545. The maximum atomic E-state index is 13.6. The molecule has 1 aliphatic heterocycles. The molecule has 1 saturated heterocycles. The van der Waals surface area contributed by atoms with Crippen LogP contribution in [-0.4, -0.2) is 61.6 Å². The summed E-state index contributed by atoms with van der Waals surface area (Å²) in [6, 6.07) is 12.8. The SMILES string of the molecule is Cn1c(C(=O)NCC2(O)CCS(=O)(=O)CC2)cc(-c2ccc(S(=O)(=O)NC(C)(C)C)c3ccccc23)c1CC1CCCCC1. The van der Waals surface area contributed by atoms with Crippen molar-refractivity contribution in [1.82, 2.24) is 14.6 Å². The summed E-state index contributed by atoms with van der Waals surface area (Å²) in [6.07, 6.45) is 6.82. The number of amides is 1. The van der Waals surface area contributed by atoms with Gasteiger partial charge in [-0.1, -0.05) is 62.4 Å². The van der Waals surface area contributed by atoms with Crippen LogP contribution in [0, 0.1) is 5.92 Å². The number of benzene rings is 2. The number of nitrogens with zero attached hydrogens (tertiary/aromatic N) is 1. The van der Waals surface area contributed by atoms with Crippen molar-refractivity contribution in [1.29, 1.82) is 0 Å². The van der Waals surface area contributed by atoms with Gasteiger partial charge in [-0.25, -0.2) is 21.6 Å². The first-order valence-corrected chi connectivity index (χ1v) is 18.8. The third kappa shape index (κ3) is 7.22. The van der Waals surface area contributed by atoms with Crippen molar-refractivity contribution in [2.24, 2.45) is 13.0 Å². The maximum Gasteiger partial charge on any atom is 0.268 e. The van der Waals surface area contributed by atoms with Crippen molar-refractivity contribution in [2.75, 3.05) is 18.1 Å². The third-order valence-electron chi connectivity index (χ3n) is 9.04. The van der Waals surface area contributed by atoms with Crippen molar-refractivity contribution in [3.63, 3.8) is 0 Å². The van der Waals surface area contributed by atoms with Gasteiger partial charge in [0.1, 0.15) is 5.69 Å². The number of hydrogen-bond donors (Lipinski definition) is 3. The number of aromatic nitrogens is 1. The van der Waals surface area contributed by atoms with Gasteiger partial charge >= 0.3 is 0 Å². The number of carbonyl (C=O) groups excluding carboxylic acids is 1. The lowest BCUT2D eigenvalue weighted by atomic mass is 9.84. The standard InChI is InChI=1S/C33H45N3O6S2/c1-32(2,3)35-44(41,42)30-15-14-25(24-12-8-9-13-26(24)30)27-21-29(36(4)28(27)20-23-10-6-5-7-11-23)31(37)34-22-33(38)16-18-43(39,40)19-17-33/h8-9,12-15,21,23,35,38H,5-7,10-11,16-20,22H2,1-4H3,(H,34,37). The number of sulfone groups is 1. The molecule has 44 heavy (non-hydrogen) atoms. The van der Waals surface area contributed by atoms with E-state index in [2.05, 4.69) is 10.0 Å². The second kappa shape index (κ2) is 12.2. The summed E-state index contributed by atoms with van der Waals surface area (Å²) in [5.74, 6) is -0.0470. The minimum atomic E-state index is -3.80. The molecule has 2 aromatic carbocycles. The lowest BCUT2D eigenvalue weighted by Gasteiger charge is -2.31. The molecule has 1 amide bonds. The van der Waals surface area contributed by atoms with Crippen molar-refractivity contribution >= 4 is 36.5 Å². The number of aliphatic hydroxyl groups is 1. The maximum absolute atomic E-state index is 13.6. The van der Waals surface area contributed by atoms with Crippen molar-refractivity contribution in [3.05, 3.63) is 53.9 Å². The molecule has 11 heteroatoms. The van der Waals surface area contributed by atoms with Gasteiger partial charge < -0.3 is 15.0 Å². The summed E-state index contributed by atoms with van der Waals surface area (Å²) < 4.78 is 55.3. The zero-order valence-electron chi connectivity index (χ0n) is 26.1. The predicted molar refractivity (Wildman–Crippen MR) is 174 cm³/mol. The Balaban J connectivity index is 1.54. The highest BCUT2D eigenvalue weighted by Gasteiger charge is 2.36. The second-order valence-electron chi connectivity index (χ2n) is 13.7. The highest BCUT2D eigenvalue weighted by atomic mass is 32.2. The van der Waals surface area contributed by atoms with E-state index in [0.29, 0.717) is 17.0 Å². The topological polar surface area (TPSA) is 135 Å². The van der Waals surface area contributed by atoms with E-state index in [9.17, 15) is 26.7 Å². The van der Waals surface area contributed by atoms with Crippen molar-refractivity contribution < 1.29 is 26.7 Å². The summed E-state index contributed by atoms with van der Waals surface area (Å²) >= 11 is 0. The molecule has 2 aliphatic rings. The highest BCUT2D eigenvalue weighted by Crippen LogP contribution is 2.38. The molecule has 0 bridgehead atoms. The number of rotatable bonds is 8. The summed E-state index contributed by atoms with van der Waals surface area (Å²) in [6.45, 7) is 5.40. The molecule has 3 aromatic rings. The molecule has 0 atom stereocenters. The van der Waals surface area contributed by atoms with Crippen molar-refractivity contribution in [3.8, 4) is 11.1 Å². The molecule has 9 nitrogen and oxygen atoms in total. The highest BCUT2D eigenvalue weighted by molar-refractivity contribution is 7.91. The van der Waals surface area contributed by atoms with Gasteiger partial charge in [0.15, 0.2) is 9.84 Å². The first-order valence-electron chi connectivity index (χ1n) is 15.5. The van der Waals surface area contributed by atoms with E-state index in [1.807, 2.05) is 68.8 Å². The quantitative estimate of drug-likeness (QED) is 0.326. The first-order chi connectivity index (χ1) is 20.6. The minimum Gasteiger partial charge on any atom is -0.388 e. The lowest BCUT2D eigenvalue weighted by molar-refractivity contribution is 0.0295. The Morgan fingerprint density at radius 3 is 2.27 bits per heavy atom. The fourth-order valence-electron chi connectivity index (χ4n) is 6.63. The molecule has 2 heterocycles. The Morgan fingerprint density at radius 2 is 1.64 bits per heavy atom. The van der Waals surface area contributed by atoms with Gasteiger partial charge in [-0.2, -0.15) is 0 Å². The van der Waals surface area contributed by atoms with Gasteiger partial charge in [-0.3, -0.25) is 4.79 Å². The molecule has 1 aromatic heterocycles. The van der Waals surface area contributed by atoms with Gasteiger partial charge in [0.25, 0.3) is 5.91 Å². The van der Waals surface area contributed by atoms with E-state index in [0.717, 1.165) is 41.5 Å². The van der Waals surface area contributed by atoms with Gasteiger partial charge in [0, 0.05) is 35.8 Å². The van der Waals surface area contributed by atoms with Gasteiger partial charge in [-0.05, 0) is 69.0 Å². The molecule has 0 radical (unpaired) electrons. The van der Waals surface area contributed by atoms with Crippen LogP contribution < -0.4 is 10.0 Å². The van der Waals surface area contributed by atoms with E-state index in [-0.39, 0.29) is 41.7 Å². The Hall–Kier alpha value is -2.73. The predicted octanol–water partition coefficient (Wildman–Crippen LogP) is 4.71. The van der Waals surface area contributed by atoms with Crippen LogP contribution >= 0.6 is 0 Å². The third-order valence-corrected chi connectivity index (χ3v) is 12.5. The smallest absolute Gasteiger partial charge is 0.268 e. The monoisotopic (exact) mass is 643 g/mol. The van der Waals surface area contributed by atoms with Gasteiger partial charge in [0.05, 0.1) is 22.0 Å². The zero-order chi connectivity index (χ0) is 31.9.